The molecule has 0 bridgehead atoms. The molecule has 0 aliphatic rings. The third-order valence-electron chi connectivity index (χ3n) is 5.10. The van der Waals surface area contributed by atoms with Crippen molar-refractivity contribution >= 4 is 34.8 Å². The fraction of sp³-hybridized carbons (Fsp3) is 0.192. The van der Waals surface area contributed by atoms with Gasteiger partial charge in [0.05, 0.1) is 5.39 Å². The predicted octanol–water partition coefficient (Wildman–Crippen LogP) is 4.65. The number of amides is 1. The summed E-state index contributed by atoms with van der Waals surface area (Å²) in [6.45, 7) is 5.24. The smallest absolute Gasteiger partial charge is 0.263 e. The van der Waals surface area contributed by atoms with E-state index in [2.05, 4.69) is 15.3 Å². The third-order valence-corrected chi connectivity index (χ3v) is 5.33. The number of carbonyl (C=O) groups is 2. The van der Waals surface area contributed by atoms with E-state index < -0.39 is 16.9 Å². The molecule has 0 fully saturated rings. The van der Waals surface area contributed by atoms with Crippen LogP contribution in [-0.2, 0) is 11.3 Å². The molecule has 0 aliphatic heterocycles. The molecule has 0 saturated carbocycles. The molecular weight excluding hydrogens is 471 g/mol. The summed E-state index contributed by atoms with van der Waals surface area (Å²) in [5, 5.41) is 3.44. The normalized spacial score (nSPS) is 11.5. The topological polar surface area (TPSA) is 93.9 Å². The van der Waals surface area contributed by atoms with Crippen LogP contribution >= 0.6 is 11.6 Å². The van der Waals surface area contributed by atoms with Crippen LogP contribution < -0.4 is 10.9 Å². The first-order chi connectivity index (χ1) is 16.5. The Hall–Kier alpha value is -3.91. The molecule has 0 spiro atoms. The van der Waals surface area contributed by atoms with Gasteiger partial charge in [-0.1, -0.05) is 23.7 Å². The molecule has 1 N–H and O–H groups in total. The molecule has 0 atom stereocenters. The van der Waals surface area contributed by atoms with E-state index >= 15 is 0 Å². The number of nitrogens with one attached hydrogen (secondary N) is 1. The van der Waals surface area contributed by atoms with Gasteiger partial charge in [-0.15, -0.1) is 0 Å². The summed E-state index contributed by atoms with van der Waals surface area (Å²) < 4.78 is 15.3. The van der Waals surface area contributed by atoms with Crippen LogP contribution in [0.1, 0.15) is 31.1 Å². The Bertz CT molecular complexity index is 1530. The van der Waals surface area contributed by atoms with Gasteiger partial charge in [-0.25, -0.2) is 14.4 Å². The highest BCUT2D eigenvalue weighted by Crippen LogP contribution is 2.25. The molecule has 7 nitrogen and oxygen atoms in total. The fourth-order valence-electron chi connectivity index (χ4n) is 3.71. The highest BCUT2D eigenvalue weighted by atomic mass is 35.5. The van der Waals surface area contributed by atoms with Crippen molar-refractivity contribution in [3.63, 3.8) is 0 Å². The Morgan fingerprint density at radius 2 is 1.89 bits per heavy atom. The fourth-order valence-corrected chi connectivity index (χ4v) is 3.90. The molecule has 2 aromatic heterocycles. The van der Waals surface area contributed by atoms with Gasteiger partial charge in [0.25, 0.3) is 5.56 Å². The van der Waals surface area contributed by atoms with Crippen molar-refractivity contribution in [3.8, 4) is 22.5 Å². The first kappa shape index (κ1) is 24.2. The molecule has 178 valence electrons. The highest BCUT2D eigenvalue weighted by Gasteiger charge is 2.20. The molecule has 0 radical (unpaired) electrons. The van der Waals surface area contributed by atoms with E-state index in [0.717, 1.165) is 6.07 Å². The van der Waals surface area contributed by atoms with Gasteiger partial charge in [0.2, 0.25) is 5.91 Å². The van der Waals surface area contributed by atoms with Crippen molar-refractivity contribution in [2.45, 2.75) is 32.9 Å². The molecule has 2 heterocycles. The van der Waals surface area contributed by atoms with Crippen molar-refractivity contribution in [2.24, 2.45) is 0 Å². The molecule has 35 heavy (non-hydrogen) atoms. The molecule has 9 heteroatoms. The maximum atomic E-state index is 14.0. The lowest BCUT2D eigenvalue weighted by atomic mass is 10.0. The molecule has 2 aromatic carbocycles. The van der Waals surface area contributed by atoms with Crippen LogP contribution in [0.5, 0.6) is 0 Å². The first-order valence-electron chi connectivity index (χ1n) is 10.8. The lowest BCUT2D eigenvalue weighted by Gasteiger charge is -2.21. The summed E-state index contributed by atoms with van der Waals surface area (Å²) in [5.41, 5.74) is 0.696. The Labute approximate surface area is 205 Å². The number of aromatic nitrogens is 3. The number of carbonyl (C=O) groups excluding carboxylic acids is 2. The lowest BCUT2D eigenvalue weighted by molar-refractivity contribution is -0.123. The number of pyridine rings is 1. The van der Waals surface area contributed by atoms with Crippen LogP contribution in [0.15, 0.2) is 59.5 Å². The zero-order valence-electron chi connectivity index (χ0n) is 19.3. The van der Waals surface area contributed by atoms with Crippen LogP contribution in [0.4, 0.5) is 4.39 Å². The number of nitrogens with zero attached hydrogens (tertiary/aromatic N) is 3. The van der Waals surface area contributed by atoms with E-state index in [1.54, 1.807) is 24.3 Å². The number of aldehydes is 1. The van der Waals surface area contributed by atoms with Crippen molar-refractivity contribution in [1.29, 1.82) is 0 Å². The van der Waals surface area contributed by atoms with Gasteiger partial charge >= 0.3 is 0 Å². The van der Waals surface area contributed by atoms with E-state index in [0.29, 0.717) is 28.0 Å². The van der Waals surface area contributed by atoms with Crippen molar-refractivity contribution < 1.29 is 14.0 Å². The van der Waals surface area contributed by atoms with Crippen molar-refractivity contribution in [3.05, 3.63) is 81.5 Å². The summed E-state index contributed by atoms with van der Waals surface area (Å²) in [6, 6.07) is 12.2. The van der Waals surface area contributed by atoms with Gasteiger partial charge in [0.1, 0.15) is 24.5 Å². The van der Waals surface area contributed by atoms with Gasteiger partial charge in [-0.2, -0.15) is 0 Å². The monoisotopic (exact) mass is 492 g/mol. The SMILES string of the molecule is CC(C)(C)NC(=O)Cn1c(-c2cccc(Cl)c2)nc2ncc(-c3cc(F)cc(C=O)c3)cc2c1=O. The van der Waals surface area contributed by atoms with E-state index in [4.69, 9.17) is 11.6 Å². The van der Waals surface area contributed by atoms with E-state index in [-0.39, 0.29) is 34.9 Å². The minimum absolute atomic E-state index is 0.147. The number of fused-ring (bicyclic) bond motifs is 1. The Balaban J connectivity index is 1.92. The molecule has 1 amide bonds. The van der Waals surface area contributed by atoms with Gasteiger partial charge in [-0.05, 0) is 62.7 Å². The van der Waals surface area contributed by atoms with Crippen LogP contribution in [-0.4, -0.2) is 32.3 Å². The maximum Gasteiger partial charge on any atom is 0.263 e. The molecule has 0 saturated heterocycles. The summed E-state index contributed by atoms with van der Waals surface area (Å²) in [7, 11) is 0. The number of rotatable bonds is 5. The van der Waals surface area contributed by atoms with Gasteiger partial charge < -0.3 is 5.32 Å². The highest BCUT2D eigenvalue weighted by molar-refractivity contribution is 6.30. The molecule has 4 rings (SSSR count). The first-order valence-corrected chi connectivity index (χ1v) is 11.2. The van der Waals surface area contributed by atoms with Crippen LogP contribution in [0, 0.1) is 5.82 Å². The standard InChI is InChI=1S/C26H22ClFN4O3/c1-26(2,3)31-22(34)13-32-24(16-5-4-6-19(27)9-16)30-23-21(25(32)35)11-18(12-29-23)17-7-15(14-33)8-20(28)10-17/h4-12,14H,13H2,1-3H3,(H,31,34). The number of hydrogen-bond donors (Lipinski definition) is 1. The van der Waals surface area contributed by atoms with Crippen LogP contribution in [0.3, 0.4) is 0 Å². The quantitative estimate of drug-likeness (QED) is 0.409. The molecule has 4 aromatic rings. The zero-order chi connectivity index (χ0) is 25.3. The Morgan fingerprint density at radius 3 is 2.57 bits per heavy atom. The second kappa shape index (κ2) is 9.38. The average molecular weight is 493 g/mol. The molecule has 0 unspecified atom stereocenters. The second-order valence-electron chi connectivity index (χ2n) is 9.12. The lowest BCUT2D eigenvalue weighted by Crippen LogP contribution is -2.43. The van der Waals surface area contributed by atoms with E-state index in [1.807, 2.05) is 20.8 Å². The second-order valence-corrected chi connectivity index (χ2v) is 9.56. The summed E-state index contributed by atoms with van der Waals surface area (Å²) in [6.07, 6.45) is 2.00. The number of benzene rings is 2. The summed E-state index contributed by atoms with van der Waals surface area (Å²) in [5.74, 6) is -0.715. The predicted molar refractivity (Wildman–Crippen MR) is 133 cm³/mol. The Morgan fingerprint density at radius 1 is 1.11 bits per heavy atom. The number of hydrogen-bond acceptors (Lipinski definition) is 5. The van der Waals surface area contributed by atoms with Crippen molar-refractivity contribution in [1.82, 2.24) is 19.9 Å². The summed E-state index contributed by atoms with van der Waals surface area (Å²) in [4.78, 5) is 46.4. The molecule has 0 aliphatic carbocycles. The van der Waals surface area contributed by atoms with Crippen molar-refractivity contribution in [2.75, 3.05) is 0 Å². The van der Waals surface area contributed by atoms with Gasteiger partial charge in [0, 0.05) is 33.4 Å². The summed E-state index contributed by atoms with van der Waals surface area (Å²) >= 11 is 6.16. The van der Waals surface area contributed by atoms with Crippen LogP contribution in [0.2, 0.25) is 5.02 Å². The van der Waals surface area contributed by atoms with Gasteiger partial charge in [-0.3, -0.25) is 19.0 Å². The van der Waals surface area contributed by atoms with E-state index in [9.17, 15) is 18.8 Å². The van der Waals surface area contributed by atoms with Gasteiger partial charge in [0.15, 0.2) is 5.65 Å². The number of halogens is 2. The maximum absolute atomic E-state index is 14.0. The zero-order valence-corrected chi connectivity index (χ0v) is 20.1. The van der Waals surface area contributed by atoms with Crippen LogP contribution in [0.25, 0.3) is 33.5 Å². The Kier molecular flexibility index (Phi) is 6.49. The minimum atomic E-state index is -0.588. The third kappa shape index (κ3) is 5.44. The van der Waals surface area contributed by atoms with E-state index in [1.165, 1.54) is 29.0 Å². The average Bonchev–Trinajstić information content (AvgIpc) is 2.79. The molecular formula is C26H22ClFN4O3. The largest absolute Gasteiger partial charge is 0.350 e. The minimum Gasteiger partial charge on any atom is -0.350 e.